The van der Waals surface area contributed by atoms with E-state index in [9.17, 15) is 19.4 Å². The molecule has 0 bridgehead atoms. The van der Waals surface area contributed by atoms with Crippen molar-refractivity contribution in [2.24, 2.45) is 0 Å². The zero-order chi connectivity index (χ0) is 41.8. The Labute approximate surface area is 351 Å². The average molecular weight is 831 g/mol. The monoisotopic (exact) mass is 831 g/mol. The molecule has 0 saturated heterocycles. The molecule has 0 heterocycles. The Hall–Kier alpha value is -1.06. The van der Waals surface area contributed by atoms with Crippen LogP contribution in [-0.2, 0) is 27.9 Å². The molecule has 0 radical (unpaired) electrons. The number of ether oxygens (including phenoxy) is 2. The van der Waals surface area contributed by atoms with Crippen LogP contribution in [-0.4, -0.2) is 66.3 Å². The second-order valence-corrected chi connectivity index (χ2v) is 17.6. The number of phosphoric ester groups is 1. The Balaban J connectivity index is 4.10. The molecule has 3 unspecified atom stereocenters. The maximum Gasteiger partial charge on any atom is 0.472 e. The number of aliphatic hydroxyl groups is 2. The van der Waals surface area contributed by atoms with Crippen molar-refractivity contribution in [2.45, 2.75) is 238 Å². The highest BCUT2D eigenvalue weighted by Crippen LogP contribution is 2.43. The lowest BCUT2D eigenvalue weighted by Gasteiger charge is -2.20. The number of aliphatic hydroxyl groups excluding tert-OH is 2. The Morgan fingerprint density at radius 2 is 0.947 bits per heavy atom. The lowest BCUT2D eigenvalue weighted by Crippen LogP contribution is -2.29. The van der Waals surface area contributed by atoms with Gasteiger partial charge in [-0.2, -0.15) is 0 Å². The third-order valence-electron chi connectivity index (χ3n) is 10.4. The zero-order valence-corrected chi connectivity index (χ0v) is 38.0. The zero-order valence-electron chi connectivity index (χ0n) is 37.1. The molecule has 0 amide bonds. The number of hydrogen-bond acceptors (Lipinski definition) is 8. The van der Waals surface area contributed by atoms with Gasteiger partial charge in [0.2, 0.25) is 0 Å². The number of hydrogen-bond donors (Lipinski definition) is 3. The lowest BCUT2D eigenvalue weighted by atomic mass is 10.0. The Bertz CT molecular complexity index is 944. The quantitative estimate of drug-likeness (QED) is 0.0237. The van der Waals surface area contributed by atoms with Gasteiger partial charge in [0.15, 0.2) is 0 Å². The summed E-state index contributed by atoms with van der Waals surface area (Å²) in [7, 11) is -4.52. The summed E-state index contributed by atoms with van der Waals surface area (Å²) in [6.45, 7) is 3.53. The van der Waals surface area contributed by atoms with E-state index in [0.29, 0.717) is 6.61 Å². The first-order valence-corrected chi connectivity index (χ1v) is 25.3. The fourth-order valence-electron chi connectivity index (χ4n) is 6.74. The summed E-state index contributed by atoms with van der Waals surface area (Å²) < 4.78 is 33.5. The molecule has 0 saturated carbocycles. The van der Waals surface area contributed by atoms with Crippen molar-refractivity contribution < 1.29 is 43.0 Å². The molecule has 0 aromatic rings. The maximum atomic E-state index is 12.6. The minimum Gasteiger partial charge on any atom is -0.457 e. The van der Waals surface area contributed by atoms with Crippen molar-refractivity contribution in [3.05, 3.63) is 24.3 Å². The van der Waals surface area contributed by atoms with Gasteiger partial charge in [0.05, 0.1) is 26.4 Å². The first kappa shape index (κ1) is 55.9. The molecule has 0 rings (SSSR count). The number of phosphoric acid groups is 1. The standard InChI is InChI=1S/C47H91O9P/c1-3-5-7-9-11-13-15-17-19-21-22-24-26-28-30-32-34-36-38-40-53-43-46(44-55-57(51,52)54-42-45(49)41-48)56-47(50)39-37-35-33-31-29-27-25-23-20-18-16-14-12-10-8-6-4-2/h13,15,19,21,45-46,48-49H,3-12,14,16-18,20,22-44H2,1-2H3,(H,51,52)/b15-13-,21-19-. The fourth-order valence-corrected chi connectivity index (χ4v) is 7.53. The molecule has 0 aromatic heterocycles. The van der Waals surface area contributed by atoms with Gasteiger partial charge in [-0.3, -0.25) is 13.8 Å². The van der Waals surface area contributed by atoms with Gasteiger partial charge in [-0.1, -0.05) is 199 Å². The summed E-state index contributed by atoms with van der Waals surface area (Å²) >= 11 is 0. The minimum absolute atomic E-state index is 0.0494. The van der Waals surface area contributed by atoms with Crippen molar-refractivity contribution in [1.29, 1.82) is 0 Å². The second-order valence-electron chi connectivity index (χ2n) is 16.1. The van der Waals surface area contributed by atoms with Crippen LogP contribution < -0.4 is 0 Å². The van der Waals surface area contributed by atoms with Gasteiger partial charge in [0.1, 0.15) is 12.2 Å². The van der Waals surface area contributed by atoms with Crippen molar-refractivity contribution >= 4 is 13.8 Å². The average Bonchev–Trinajstić information content (AvgIpc) is 3.20. The van der Waals surface area contributed by atoms with Gasteiger partial charge in [0, 0.05) is 13.0 Å². The molecule has 0 fully saturated rings. The highest BCUT2D eigenvalue weighted by atomic mass is 31.2. The number of carbonyl (C=O) groups excluding carboxylic acids is 1. The van der Waals surface area contributed by atoms with Crippen molar-refractivity contribution in [2.75, 3.05) is 33.0 Å². The van der Waals surface area contributed by atoms with Crippen LogP contribution in [0.4, 0.5) is 0 Å². The molecule has 3 atom stereocenters. The first-order chi connectivity index (χ1) is 27.8. The fraction of sp³-hybridized carbons (Fsp3) is 0.894. The van der Waals surface area contributed by atoms with E-state index in [0.717, 1.165) is 51.4 Å². The van der Waals surface area contributed by atoms with Crippen molar-refractivity contribution in [1.82, 2.24) is 0 Å². The van der Waals surface area contributed by atoms with Crippen LogP contribution >= 0.6 is 7.82 Å². The van der Waals surface area contributed by atoms with Gasteiger partial charge in [-0.15, -0.1) is 0 Å². The molecule has 338 valence electrons. The second kappa shape index (κ2) is 44.5. The number of allylic oxidation sites excluding steroid dienone is 4. The molecule has 9 nitrogen and oxygen atoms in total. The molecular formula is C47H91O9P. The van der Waals surface area contributed by atoms with E-state index in [4.69, 9.17) is 23.6 Å². The summed E-state index contributed by atoms with van der Waals surface area (Å²) in [6, 6.07) is 0. The van der Waals surface area contributed by atoms with E-state index in [-0.39, 0.29) is 25.6 Å². The van der Waals surface area contributed by atoms with Gasteiger partial charge in [-0.05, 0) is 44.9 Å². The Kier molecular flexibility index (Phi) is 43.7. The van der Waals surface area contributed by atoms with E-state index >= 15 is 0 Å². The molecule has 10 heteroatoms. The summed E-state index contributed by atoms with van der Waals surface area (Å²) in [6.07, 6.45) is 47.0. The minimum atomic E-state index is -4.52. The molecule has 0 spiro atoms. The first-order valence-electron chi connectivity index (χ1n) is 23.8. The molecule has 0 aliphatic carbocycles. The summed E-state index contributed by atoms with van der Waals surface area (Å²) in [5, 5.41) is 18.4. The largest absolute Gasteiger partial charge is 0.472 e. The lowest BCUT2D eigenvalue weighted by molar-refractivity contribution is -0.154. The smallest absolute Gasteiger partial charge is 0.457 e. The van der Waals surface area contributed by atoms with Crippen molar-refractivity contribution in [3.8, 4) is 0 Å². The van der Waals surface area contributed by atoms with Crippen LogP contribution in [0.25, 0.3) is 0 Å². The predicted molar refractivity (Wildman–Crippen MR) is 238 cm³/mol. The highest BCUT2D eigenvalue weighted by Gasteiger charge is 2.26. The predicted octanol–water partition coefficient (Wildman–Crippen LogP) is 13.4. The molecule has 0 aromatic carbocycles. The third kappa shape index (κ3) is 44.3. The van der Waals surface area contributed by atoms with E-state index < -0.39 is 33.2 Å². The van der Waals surface area contributed by atoms with Crippen LogP contribution in [0, 0.1) is 0 Å². The van der Waals surface area contributed by atoms with Gasteiger partial charge < -0.3 is 24.6 Å². The van der Waals surface area contributed by atoms with E-state index in [1.54, 1.807) is 0 Å². The number of esters is 1. The van der Waals surface area contributed by atoms with Crippen LogP contribution in [0.15, 0.2) is 24.3 Å². The third-order valence-corrected chi connectivity index (χ3v) is 11.3. The maximum absolute atomic E-state index is 12.6. The normalized spacial score (nSPS) is 14.1. The number of carbonyl (C=O) groups is 1. The molecule has 3 N–H and O–H groups in total. The van der Waals surface area contributed by atoms with Gasteiger partial charge in [0.25, 0.3) is 0 Å². The molecular weight excluding hydrogens is 739 g/mol. The number of unbranched alkanes of at least 4 members (excludes halogenated alkanes) is 28. The van der Waals surface area contributed by atoms with E-state index in [2.05, 4.69) is 38.2 Å². The summed E-state index contributed by atoms with van der Waals surface area (Å²) in [5.41, 5.74) is 0. The molecule has 57 heavy (non-hydrogen) atoms. The number of rotatable bonds is 46. The van der Waals surface area contributed by atoms with Gasteiger partial charge >= 0.3 is 13.8 Å². The van der Waals surface area contributed by atoms with E-state index in [1.807, 2.05) is 0 Å². The molecule has 0 aliphatic rings. The van der Waals surface area contributed by atoms with Gasteiger partial charge in [-0.25, -0.2) is 4.57 Å². The Morgan fingerprint density at radius 1 is 0.544 bits per heavy atom. The summed E-state index contributed by atoms with van der Waals surface area (Å²) in [5.74, 6) is -0.380. The highest BCUT2D eigenvalue weighted by molar-refractivity contribution is 7.47. The van der Waals surface area contributed by atoms with Crippen molar-refractivity contribution in [3.63, 3.8) is 0 Å². The van der Waals surface area contributed by atoms with Crippen LogP contribution in [0.5, 0.6) is 0 Å². The van der Waals surface area contributed by atoms with Crippen LogP contribution in [0.3, 0.4) is 0 Å². The summed E-state index contributed by atoms with van der Waals surface area (Å²) in [4.78, 5) is 22.6. The van der Waals surface area contributed by atoms with E-state index in [1.165, 1.54) is 154 Å². The SMILES string of the molecule is CCCCCC/C=C\C/C=C\CCCCCCCCCCOCC(COP(=O)(O)OCC(O)CO)OC(=O)CCCCCCCCCCCCCCCCCCC. The Morgan fingerprint density at radius 3 is 1.42 bits per heavy atom. The van der Waals surface area contributed by atoms with Crippen LogP contribution in [0.1, 0.15) is 226 Å². The molecule has 0 aliphatic heterocycles. The van der Waals surface area contributed by atoms with Crippen LogP contribution in [0.2, 0.25) is 0 Å². The topological polar surface area (TPSA) is 132 Å².